The number of hydrogen-bond acceptors (Lipinski definition) is 4. The lowest BCUT2D eigenvalue weighted by atomic mass is 9.98. The van der Waals surface area contributed by atoms with Crippen LogP contribution in [0.5, 0.6) is 0 Å². The van der Waals surface area contributed by atoms with Crippen LogP contribution in [-0.2, 0) is 21.0 Å². The molecule has 2 rings (SSSR count). The summed E-state index contributed by atoms with van der Waals surface area (Å²) in [6.07, 6.45) is 1.19. The van der Waals surface area contributed by atoms with Gasteiger partial charge in [0, 0.05) is 12.3 Å². The Bertz CT molecular complexity index is 528. The van der Waals surface area contributed by atoms with Crippen LogP contribution in [0.25, 0.3) is 0 Å². The highest BCUT2D eigenvalue weighted by Gasteiger charge is 2.24. The van der Waals surface area contributed by atoms with E-state index >= 15 is 0 Å². The summed E-state index contributed by atoms with van der Waals surface area (Å²) in [4.78, 5) is 31.7. The quantitative estimate of drug-likeness (QED) is 0.868. The van der Waals surface area contributed by atoms with Crippen LogP contribution in [-0.4, -0.2) is 17.9 Å². The van der Waals surface area contributed by atoms with Crippen LogP contribution >= 0.6 is 0 Å². The molecule has 2 amide bonds. The van der Waals surface area contributed by atoms with E-state index in [2.05, 4.69) is 10.5 Å². The first kappa shape index (κ1) is 15.0. The molecule has 1 heterocycles. The lowest BCUT2D eigenvalue weighted by molar-refractivity contribution is -0.118. The molecule has 1 unspecified atom stereocenters. The maximum atomic E-state index is 11.5. The van der Waals surface area contributed by atoms with E-state index in [9.17, 15) is 9.59 Å². The number of nitrogens with zero attached hydrogens (tertiary/aromatic N) is 1. The normalized spacial score (nSPS) is 17.9. The van der Waals surface area contributed by atoms with E-state index in [1.54, 1.807) is 0 Å². The molecule has 0 bridgehead atoms. The molecular weight excluding hydrogens is 272 g/mol. The fraction of sp³-hybridized carbons (Fsp3) is 0.400. The summed E-state index contributed by atoms with van der Waals surface area (Å²) < 4.78 is 5.00. The van der Waals surface area contributed by atoms with E-state index in [1.807, 2.05) is 37.3 Å². The molecule has 0 radical (unpaired) electrons. The number of nitrogens with one attached hydrogen (secondary N) is 1. The highest BCUT2D eigenvalue weighted by atomic mass is 16.7. The SMILES string of the molecule is CCC1CCC(=O)N=C1ONC(=O)OCc1ccccc1. The summed E-state index contributed by atoms with van der Waals surface area (Å²) in [7, 11) is 0. The third-order valence-electron chi connectivity index (χ3n) is 3.24. The molecule has 1 N–H and O–H groups in total. The summed E-state index contributed by atoms with van der Waals surface area (Å²) in [6.45, 7) is 2.13. The summed E-state index contributed by atoms with van der Waals surface area (Å²) >= 11 is 0. The van der Waals surface area contributed by atoms with Crippen molar-refractivity contribution in [1.29, 1.82) is 0 Å². The average molecular weight is 290 g/mol. The summed E-state index contributed by atoms with van der Waals surface area (Å²) in [5.41, 5.74) is 3.04. The van der Waals surface area contributed by atoms with Gasteiger partial charge in [0.15, 0.2) is 0 Å². The Morgan fingerprint density at radius 1 is 1.38 bits per heavy atom. The van der Waals surface area contributed by atoms with Crippen molar-refractivity contribution in [2.24, 2.45) is 10.9 Å². The predicted octanol–water partition coefficient (Wildman–Crippen LogP) is 2.59. The lowest BCUT2D eigenvalue weighted by Gasteiger charge is -2.20. The van der Waals surface area contributed by atoms with Crippen molar-refractivity contribution in [3.63, 3.8) is 0 Å². The Hall–Kier alpha value is -2.37. The molecule has 0 aliphatic carbocycles. The first-order valence-electron chi connectivity index (χ1n) is 6.94. The molecular formula is C15H18N2O4. The Balaban J connectivity index is 1.79. The molecule has 1 aromatic carbocycles. The number of ether oxygens (including phenoxy) is 1. The van der Waals surface area contributed by atoms with E-state index in [1.165, 1.54) is 0 Å². The molecule has 0 spiro atoms. The van der Waals surface area contributed by atoms with Crippen LogP contribution in [0.2, 0.25) is 0 Å². The molecule has 0 aromatic heterocycles. The van der Waals surface area contributed by atoms with Crippen molar-refractivity contribution < 1.29 is 19.2 Å². The van der Waals surface area contributed by atoms with Gasteiger partial charge in [-0.05, 0) is 18.4 Å². The summed E-state index contributed by atoms with van der Waals surface area (Å²) in [6, 6.07) is 9.31. The zero-order chi connectivity index (χ0) is 15.1. The number of amides is 2. The highest BCUT2D eigenvalue weighted by molar-refractivity contribution is 5.95. The van der Waals surface area contributed by atoms with Gasteiger partial charge in [0.05, 0.1) is 0 Å². The Kier molecular flexibility index (Phi) is 5.31. The Morgan fingerprint density at radius 2 is 2.14 bits per heavy atom. The number of benzene rings is 1. The monoisotopic (exact) mass is 290 g/mol. The third-order valence-corrected chi connectivity index (χ3v) is 3.24. The van der Waals surface area contributed by atoms with Gasteiger partial charge in [-0.2, -0.15) is 10.5 Å². The zero-order valence-electron chi connectivity index (χ0n) is 11.9. The van der Waals surface area contributed by atoms with Gasteiger partial charge in [-0.25, -0.2) is 4.79 Å². The molecule has 6 heteroatoms. The second-order valence-corrected chi connectivity index (χ2v) is 4.75. The van der Waals surface area contributed by atoms with Gasteiger partial charge in [-0.15, -0.1) is 0 Å². The van der Waals surface area contributed by atoms with E-state index in [-0.39, 0.29) is 24.3 Å². The van der Waals surface area contributed by atoms with Crippen LogP contribution in [0.3, 0.4) is 0 Å². The van der Waals surface area contributed by atoms with Crippen molar-refractivity contribution in [2.45, 2.75) is 32.8 Å². The molecule has 0 fully saturated rings. The molecule has 0 saturated heterocycles. The number of carbonyl (C=O) groups is 2. The van der Waals surface area contributed by atoms with E-state index in [0.717, 1.165) is 12.0 Å². The minimum Gasteiger partial charge on any atom is -0.443 e. The van der Waals surface area contributed by atoms with Gasteiger partial charge in [-0.3, -0.25) is 4.79 Å². The summed E-state index contributed by atoms with van der Waals surface area (Å²) in [5, 5.41) is 0. The second kappa shape index (κ2) is 7.42. The Morgan fingerprint density at radius 3 is 2.86 bits per heavy atom. The maximum absolute atomic E-state index is 11.5. The number of hydrogen-bond donors (Lipinski definition) is 1. The standard InChI is InChI=1S/C15H18N2O4/c1-2-12-8-9-13(18)16-14(12)21-17-15(19)20-10-11-6-4-3-5-7-11/h3-7,12H,2,8-10H2,1H3,(H,17,19). The van der Waals surface area contributed by atoms with E-state index in [0.29, 0.717) is 12.8 Å². The van der Waals surface area contributed by atoms with Crippen molar-refractivity contribution in [3.8, 4) is 0 Å². The van der Waals surface area contributed by atoms with Crippen molar-refractivity contribution in [1.82, 2.24) is 5.48 Å². The van der Waals surface area contributed by atoms with Gasteiger partial charge in [0.1, 0.15) is 6.61 Å². The molecule has 1 aliphatic rings. The molecule has 21 heavy (non-hydrogen) atoms. The lowest BCUT2D eigenvalue weighted by Crippen LogP contribution is -2.33. The topological polar surface area (TPSA) is 77.0 Å². The third kappa shape index (κ3) is 4.59. The minimum absolute atomic E-state index is 0.0529. The maximum Gasteiger partial charge on any atom is 0.440 e. The fourth-order valence-corrected chi connectivity index (χ4v) is 2.02. The Labute approximate surface area is 123 Å². The van der Waals surface area contributed by atoms with Crippen LogP contribution in [0, 0.1) is 5.92 Å². The smallest absolute Gasteiger partial charge is 0.440 e. The van der Waals surface area contributed by atoms with Crippen LogP contribution in [0.4, 0.5) is 4.79 Å². The van der Waals surface area contributed by atoms with Crippen molar-refractivity contribution in [3.05, 3.63) is 35.9 Å². The number of hydroxylamine groups is 1. The molecule has 1 atom stereocenters. The number of carbonyl (C=O) groups excluding carboxylic acids is 2. The zero-order valence-corrected chi connectivity index (χ0v) is 11.9. The minimum atomic E-state index is -0.713. The van der Waals surface area contributed by atoms with Gasteiger partial charge < -0.3 is 9.57 Å². The van der Waals surface area contributed by atoms with Gasteiger partial charge in [-0.1, -0.05) is 37.3 Å². The summed E-state index contributed by atoms with van der Waals surface area (Å²) in [5.74, 6) is 0.0803. The van der Waals surface area contributed by atoms with Crippen molar-refractivity contribution in [2.75, 3.05) is 0 Å². The number of aliphatic imine (C=N–C) groups is 1. The highest BCUT2D eigenvalue weighted by Crippen LogP contribution is 2.19. The first-order valence-corrected chi connectivity index (χ1v) is 6.94. The second-order valence-electron chi connectivity index (χ2n) is 4.75. The van der Waals surface area contributed by atoms with Gasteiger partial charge in [0.2, 0.25) is 11.8 Å². The molecule has 1 aromatic rings. The average Bonchev–Trinajstić information content (AvgIpc) is 2.52. The fourth-order valence-electron chi connectivity index (χ4n) is 2.02. The number of rotatable bonds is 3. The van der Waals surface area contributed by atoms with Crippen molar-refractivity contribution >= 4 is 17.9 Å². The molecule has 6 nitrogen and oxygen atoms in total. The first-order chi connectivity index (χ1) is 10.2. The molecule has 1 aliphatic heterocycles. The van der Waals surface area contributed by atoms with E-state index in [4.69, 9.17) is 9.57 Å². The largest absolute Gasteiger partial charge is 0.443 e. The molecule has 0 saturated carbocycles. The van der Waals surface area contributed by atoms with Gasteiger partial charge in [0.25, 0.3) is 0 Å². The molecule has 112 valence electrons. The van der Waals surface area contributed by atoms with Crippen LogP contribution < -0.4 is 5.48 Å². The van der Waals surface area contributed by atoms with Gasteiger partial charge >= 0.3 is 6.09 Å². The predicted molar refractivity (Wildman–Crippen MR) is 76.3 cm³/mol. The van der Waals surface area contributed by atoms with E-state index < -0.39 is 6.09 Å². The van der Waals surface area contributed by atoms with Crippen LogP contribution in [0.1, 0.15) is 31.7 Å². The van der Waals surface area contributed by atoms with Crippen LogP contribution in [0.15, 0.2) is 35.3 Å².